The van der Waals surface area contributed by atoms with Crippen molar-refractivity contribution in [1.82, 2.24) is 20.4 Å². The van der Waals surface area contributed by atoms with Gasteiger partial charge in [0.15, 0.2) is 0 Å². The lowest BCUT2D eigenvalue weighted by Gasteiger charge is -2.35. The highest BCUT2D eigenvalue weighted by Gasteiger charge is 2.35. The Balaban J connectivity index is 1.78. The number of nitrogens with zero attached hydrogens (tertiary/aromatic N) is 3. The molecule has 0 saturated carbocycles. The van der Waals surface area contributed by atoms with Crippen molar-refractivity contribution in [2.45, 2.75) is 39.2 Å². The van der Waals surface area contributed by atoms with E-state index in [-0.39, 0.29) is 11.8 Å². The minimum atomic E-state index is -0.588. The number of hydrogen-bond acceptors (Lipinski definition) is 4. The van der Waals surface area contributed by atoms with Crippen LogP contribution in [0.25, 0.3) is 17.0 Å². The number of nitrogens with one attached hydrogen (secondary N) is 1. The first-order chi connectivity index (χ1) is 15.1. The summed E-state index contributed by atoms with van der Waals surface area (Å²) in [4.78, 5) is 19.2. The molecular formula is C24H25FN4O2. The Morgan fingerprint density at radius 1 is 1.13 bits per heavy atom. The van der Waals surface area contributed by atoms with E-state index in [4.69, 9.17) is 4.52 Å². The predicted molar refractivity (Wildman–Crippen MR) is 116 cm³/mol. The molecule has 0 fully saturated rings. The van der Waals surface area contributed by atoms with E-state index in [9.17, 15) is 9.18 Å². The number of allylic oxidation sites excluding steroid dienone is 1. The molecule has 4 rings (SSSR count). The van der Waals surface area contributed by atoms with Crippen LogP contribution in [0, 0.1) is 5.82 Å². The SMILES string of the molecule is CCCCCN1C(=O)NC(c2cccc(F)c2)C(c2nc(-c3ccccc3)no2)=C1C. The van der Waals surface area contributed by atoms with Crippen LogP contribution in [0.5, 0.6) is 0 Å². The summed E-state index contributed by atoms with van der Waals surface area (Å²) in [6.07, 6.45) is 2.97. The summed E-state index contributed by atoms with van der Waals surface area (Å²) < 4.78 is 19.6. The lowest BCUT2D eigenvalue weighted by molar-refractivity contribution is 0.204. The minimum Gasteiger partial charge on any atom is -0.334 e. The summed E-state index contributed by atoms with van der Waals surface area (Å²) in [6, 6.07) is 14.9. The van der Waals surface area contributed by atoms with Crippen molar-refractivity contribution in [3.63, 3.8) is 0 Å². The highest BCUT2D eigenvalue weighted by Crippen LogP contribution is 2.37. The van der Waals surface area contributed by atoms with E-state index in [2.05, 4.69) is 22.4 Å². The Morgan fingerprint density at radius 3 is 2.68 bits per heavy atom. The molecule has 0 spiro atoms. The molecule has 0 radical (unpaired) electrons. The monoisotopic (exact) mass is 420 g/mol. The zero-order valence-electron chi connectivity index (χ0n) is 17.6. The van der Waals surface area contributed by atoms with E-state index in [0.29, 0.717) is 29.4 Å². The molecule has 0 bridgehead atoms. The number of benzene rings is 2. The molecule has 1 aliphatic heterocycles. The molecule has 1 N–H and O–H groups in total. The zero-order chi connectivity index (χ0) is 21.8. The fourth-order valence-corrected chi connectivity index (χ4v) is 3.82. The molecule has 1 aliphatic rings. The van der Waals surface area contributed by atoms with E-state index in [1.807, 2.05) is 37.3 Å². The second-order valence-corrected chi connectivity index (χ2v) is 7.58. The van der Waals surface area contributed by atoms with Crippen molar-refractivity contribution in [1.29, 1.82) is 0 Å². The van der Waals surface area contributed by atoms with Gasteiger partial charge in [-0.05, 0) is 31.0 Å². The number of carbonyl (C=O) groups excluding carboxylic acids is 1. The normalized spacial score (nSPS) is 16.5. The van der Waals surface area contributed by atoms with Crippen LogP contribution in [0.2, 0.25) is 0 Å². The Kier molecular flexibility index (Phi) is 6.11. The summed E-state index contributed by atoms with van der Waals surface area (Å²) in [5, 5.41) is 7.14. The van der Waals surface area contributed by atoms with Crippen molar-refractivity contribution in [3.8, 4) is 11.4 Å². The topological polar surface area (TPSA) is 71.3 Å². The largest absolute Gasteiger partial charge is 0.334 e. The quantitative estimate of drug-likeness (QED) is 0.508. The van der Waals surface area contributed by atoms with E-state index >= 15 is 0 Å². The first kappa shape index (κ1) is 20.8. The molecule has 1 atom stereocenters. The molecule has 160 valence electrons. The smallest absolute Gasteiger partial charge is 0.322 e. The van der Waals surface area contributed by atoms with Gasteiger partial charge >= 0.3 is 6.03 Å². The molecule has 2 amide bonds. The van der Waals surface area contributed by atoms with Crippen molar-refractivity contribution in [3.05, 3.63) is 77.6 Å². The number of rotatable bonds is 7. The van der Waals surface area contributed by atoms with Crippen LogP contribution < -0.4 is 5.32 Å². The molecule has 6 nitrogen and oxygen atoms in total. The molecular weight excluding hydrogens is 395 g/mol. The van der Waals surface area contributed by atoms with Gasteiger partial charge in [0.1, 0.15) is 5.82 Å². The van der Waals surface area contributed by atoms with Crippen LogP contribution in [0.15, 0.2) is 64.8 Å². The van der Waals surface area contributed by atoms with Gasteiger partial charge in [-0.2, -0.15) is 4.98 Å². The molecule has 1 unspecified atom stereocenters. The van der Waals surface area contributed by atoms with Crippen LogP contribution in [0.1, 0.15) is 50.6 Å². The summed E-state index contributed by atoms with van der Waals surface area (Å²) in [6.45, 7) is 4.58. The van der Waals surface area contributed by atoms with Crippen molar-refractivity contribution < 1.29 is 13.7 Å². The van der Waals surface area contributed by atoms with E-state index < -0.39 is 6.04 Å². The number of amides is 2. The average Bonchev–Trinajstić information content (AvgIpc) is 3.26. The minimum absolute atomic E-state index is 0.214. The highest BCUT2D eigenvalue weighted by molar-refractivity contribution is 5.86. The van der Waals surface area contributed by atoms with Gasteiger partial charge in [0.05, 0.1) is 11.6 Å². The van der Waals surface area contributed by atoms with Crippen molar-refractivity contribution in [2.24, 2.45) is 0 Å². The van der Waals surface area contributed by atoms with Gasteiger partial charge in [0, 0.05) is 17.8 Å². The lowest BCUT2D eigenvalue weighted by atomic mass is 9.94. The number of carbonyl (C=O) groups is 1. The van der Waals surface area contributed by atoms with Crippen LogP contribution >= 0.6 is 0 Å². The third-order valence-corrected chi connectivity index (χ3v) is 5.45. The van der Waals surface area contributed by atoms with Gasteiger partial charge in [-0.15, -0.1) is 0 Å². The van der Waals surface area contributed by atoms with Crippen LogP contribution in [-0.4, -0.2) is 27.6 Å². The molecule has 0 saturated heterocycles. The Hall–Kier alpha value is -3.48. The summed E-state index contributed by atoms with van der Waals surface area (Å²) >= 11 is 0. The number of hydrogen-bond donors (Lipinski definition) is 1. The third kappa shape index (κ3) is 4.35. The maximum Gasteiger partial charge on any atom is 0.322 e. The first-order valence-corrected chi connectivity index (χ1v) is 10.5. The fraction of sp³-hybridized carbons (Fsp3) is 0.292. The van der Waals surface area contributed by atoms with Crippen LogP contribution in [0.4, 0.5) is 9.18 Å². The van der Waals surface area contributed by atoms with Crippen LogP contribution in [0.3, 0.4) is 0 Å². The Morgan fingerprint density at radius 2 is 1.94 bits per heavy atom. The van der Waals surface area contributed by atoms with Gasteiger partial charge < -0.3 is 9.84 Å². The molecule has 7 heteroatoms. The van der Waals surface area contributed by atoms with E-state index in [1.54, 1.807) is 17.0 Å². The Bertz CT molecular complexity index is 1090. The number of aromatic nitrogens is 2. The second-order valence-electron chi connectivity index (χ2n) is 7.58. The molecule has 1 aromatic heterocycles. The predicted octanol–water partition coefficient (Wildman–Crippen LogP) is 5.56. The van der Waals surface area contributed by atoms with E-state index in [1.165, 1.54) is 12.1 Å². The van der Waals surface area contributed by atoms with Gasteiger partial charge in [0.25, 0.3) is 5.89 Å². The fourth-order valence-electron chi connectivity index (χ4n) is 3.82. The molecule has 3 aromatic rings. The number of halogens is 1. The molecule has 2 aromatic carbocycles. The molecule has 2 heterocycles. The first-order valence-electron chi connectivity index (χ1n) is 10.5. The third-order valence-electron chi connectivity index (χ3n) is 5.45. The van der Waals surface area contributed by atoms with Gasteiger partial charge in [-0.1, -0.05) is 67.4 Å². The number of urea groups is 1. The Labute approximate surface area is 180 Å². The van der Waals surface area contributed by atoms with Crippen LogP contribution in [-0.2, 0) is 0 Å². The summed E-state index contributed by atoms with van der Waals surface area (Å²) in [5.41, 5.74) is 2.86. The summed E-state index contributed by atoms with van der Waals surface area (Å²) in [7, 11) is 0. The van der Waals surface area contributed by atoms with Crippen molar-refractivity contribution in [2.75, 3.05) is 6.54 Å². The average molecular weight is 420 g/mol. The standard InChI is InChI=1S/C24H25FN4O2/c1-3-4-8-14-29-16(2)20(21(26-24(29)30)18-12-9-13-19(25)15-18)23-27-22(28-31-23)17-10-6-5-7-11-17/h5-7,9-13,15,21H,3-4,8,14H2,1-2H3,(H,26,30). The maximum atomic E-state index is 14.0. The van der Waals surface area contributed by atoms with Crippen molar-refractivity contribution >= 4 is 11.6 Å². The highest BCUT2D eigenvalue weighted by atomic mass is 19.1. The molecule has 31 heavy (non-hydrogen) atoms. The lowest BCUT2D eigenvalue weighted by Crippen LogP contribution is -2.46. The van der Waals surface area contributed by atoms with Gasteiger partial charge in [0.2, 0.25) is 5.82 Å². The van der Waals surface area contributed by atoms with E-state index in [0.717, 1.165) is 30.5 Å². The zero-order valence-corrected chi connectivity index (χ0v) is 17.6. The second kappa shape index (κ2) is 9.12. The number of unbranched alkanes of at least 4 members (excludes halogenated alkanes) is 2. The van der Waals surface area contributed by atoms with Gasteiger partial charge in [-0.3, -0.25) is 4.90 Å². The summed E-state index contributed by atoms with van der Waals surface area (Å²) in [5.74, 6) is 0.402. The maximum absolute atomic E-state index is 14.0. The van der Waals surface area contributed by atoms with Gasteiger partial charge in [-0.25, -0.2) is 9.18 Å². The molecule has 0 aliphatic carbocycles.